The van der Waals surface area contributed by atoms with Crippen molar-refractivity contribution in [3.8, 4) is 5.75 Å². The van der Waals surface area contributed by atoms with Crippen molar-refractivity contribution < 1.29 is 19.2 Å². The first kappa shape index (κ1) is 24.5. The summed E-state index contributed by atoms with van der Waals surface area (Å²) < 4.78 is 5.17. The highest BCUT2D eigenvalue weighted by atomic mass is 16.6. The molecule has 2 amide bonds. The number of piperazine rings is 1. The van der Waals surface area contributed by atoms with Crippen molar-refractivity contribution in [3.63, 3.8) is 0 Å². The van der Waals surface area contributed by atoms with Crippen molar-refractivity contribution in [2.75, 3.05) is 64.4 Å². The quantitative estimate of drug-likeness (QED) is 0.496. The van der Waals surface area contributed by atoms with E-state index in [-0.39, 0.29) is 17.5 Å². The number of nitro groups is 1. The Balaban J connectivity index is 1.43. The number of carbonyl (C=O) groups excluding carboxylic acids is 2. The monoisotopic (exact) mass is 481 g/mol. The van der Waals surface area contributed by atoms with Crippen LogP contribution in [0.4, 0.5) is 11.4 Å². The van der Waals surface area contributed by atoms with Gasteiger partial charge in [0, 0.05) is 64.0 Å². The van der Waals surface area contributed by atoms with Crippen molar-refractivity contribution in [2.24, 2.45) is 0 Å². The van der Waals surface area contributed by atoms with Crippen molar-refractivity contribution in [1.29, 1.82) is 0 Å². The fraction of sp³-hybridized carbons (Fsp3) is 0.440. The van der Waals surface area contributed by atoms with E-state index in [0.717, 1.165) is 11.3 Å². The summed E-state index contributed by atoms with van der Waals surface area (Å²) in [5, 5.41) is 15.1. The van der Waals surface area contributed by atoms with Crippen LogP contribution < -0.4 is 15.0 Å². The van der Waals surface area contributed by atoms with Gasteiger partial charge >= 0.3 is 0 Å². The molecule has 2 aliphatic heterocycles. The average Bonchev–Trinajstić information content (AvgIpc) is 3.15. The highest BCUT2D eigenvalue weighted by molar-refractivity contribution is 5.96. The average molecular weight is 482 g/mol. The van der Waals surface area contributed by atoms with Crippen LogP contribution in [-0.2, 0) is 11.2 Å². The second kappa shape index (κ2) is 11.2. The Morgan fingerprint density at radius 2 is 1.71 bits per heavy atom. The Labute approximate surface area is 204 Å². The Morgan fingerprint density at radius 1 is 0.971 bits per heavy atom. The van der Waals surface area contributed by atoms with Crippen LogP contribution in [0.5, 0.6) is 5.75 Å². The minimum absolute atomic E-state index is 0.0310. The lowest BCUT2D eigenvalue weighted by Gasteiger charge is -2.28. The first-order chi connectivity index (χ1) is 17.0. The second-order valence-electron chi connectivity index (χ2n) is 8.75. The highest BCUT2D eigenvalue weighted by Crippen LogP contribution is 2.30. The smallest absolute Gasteiger partial charge is 0.293 e. The predicted octanol–water partition coefficient (Wildman–Crippen LogP) is 1.93. The molecule has 10 nitrogen and oxygen atoms in total. The molecule has 2 aliphatic rings. The van der Waals surface area contributed by atoms with E-state index < -0.39 is 4.92 Å². The molecule has 0 saturated carbocycles. The molecule has 2 aromatic rings. The molecule has 2 aromatic carbocycles. The lowest BCUT2D eigenvalue weighted by atomic mass is 10.1. The Bertz CT molecular complexity index is 1070. The molecule has 2 heterocycles. The minimum atomic E-state index is -0.429. The third-order valence-corrected chi connectivity index (χ3v) is 6.53. The normalized spacial score (nSPS) is 16.5. The van der Waals surface area contributed by atoms with E-state index in [0.29, 0.717) is 76.5 Å². The minimum Gasteiger partial charge on any atom is -0.497 e. The van der Waals surface area contributed by atoms with Crippen molar-refractivity contribution in [1.82, 2.24) is 15.1 Å². The molecule has 2 saturated heterocycles. The standard InChI is InChI=1S/C25H31N5O5/c1-35-21-6-3-19(4-7-21)17-24(31)28-12-2-11-27(15-16-28)22-8-5-20(18-23(22)30(33)34)25(32)29-13-9-26-10-14-29/h3-8,18,26H,2,9-17H2,1H3. The zero-order chi connectivity index (χ0) is 24.8. The first-order valence-electron chi connectivity index (χ1n) is 11.9. The fourth-order valence-electron chi connectivity index (χ4n) is 4.56. The van der Waals surface area contributed by atoms with Crippen molar-refractivity contribution in [3.05, 3.63) is 63.7 Å². The molecule has 0 atom stereocenters. The fourth-order valence-corrected chi connectivity index (χ4v) is 4.56. The maximum Gasteiger partial charge on any atom is 0.293 e. The molecule has 2 fully saturated rings. The molecule has 0 spiro atoms. The molecule has 0 radical (unpaired) electrons. The second-order valence-corrected chi connectivity index (χ2v) is 8.75. The van der Waals surface area contributed by atoms with Crippen LogP contribution in [0.1, 0.15) is 22.3 Å². The van der Waals surface area contributed by atoms with Crippen LogP contribution in [0.25, 0.3) is 0 Å². The number of hydrogen-bond donors (Lipinski definition) is 1. The molecule has 10 heteroatoms. The number of benzene rings is 2. The van der Waals surface area contributed by atoms with Gasteiger partial charge in [-0.15, -0.1) is 0 Å². The van der Waals surface area contributed by atoms with Crippen LogP contribution >= 0.6 is 0 Å². The van der Waals surface area contributed by atoms with E-state index in [1.54, 1.807) is 24.1 Å². The molecule has 1 N–H and O–H groups in total. The first-order valence-corrected chi connectivity index (χ1v) is 11.9. The number of rotatable bonds is 6. The van der Waals surface area contributed by atoms with Crippen molar-refractivity contribution >= 4 is 23.2 Å². The maximum atomic E-state index is 12.9. The van der Waals surface area contributed by atoms with Gasteiger partial charge in [-0.2, -0.15) is 0 Å². The Kier molecular flexibility index (Phi) is 7.81. The van der Waals surface area contributed by atoms with E-state index >= 15 is 0 Å². The van der Waals surface area contributed by atoms with E-state index in [1.807, 2.05) is 34.1 Å². The summed E-state index contributed by atoms with van der Waals surface area (Å²) in [6, 6.07) is 12.2. The van der Waals surface area contributed by atoms with E-state index in [9.17, 15) is 19.7 Å². The molecule has 4 rings (SSSR count). The molecule has 35 heavy (non-hydrogen) atoms. The summed E-state index contributed by atoms with van der Waals surface area (Å²) in [6.45, 7) is 4.76. The summed E-state index contributed by atoms with van der Waals surface area (Å²) in [5.41, 5.74) is 1.64. The van der Waals surface area contributed by atoms with Crippen LogP contribution in [0.15, 0.2) is 42.5 Å². The zero-order valence-electron chi connectivity index (χ0n) is 19.9. The summed E-state index contributed by atoms with van der Waals surface area (Å²) in [4.78, 5) is 42.7. The third-order valence-electron chi connectivity index (χ3n) is 6.53. The SMILES string of the molecule is COc1ccc(CC(=O)N2CCCN(c3ccc(C(=O)N4CCNCC4)cc3[N+](=O)[O-])CC2)cc1. The number of anilines is 1. The van der Waals surface area contributed by atoms with Gasteiger partial charge in [0.1, 0.15) is 11.4 Å². The maximum absolute atomic E-state index is 12.9. The van der Waals surface area contributed by atoms with Gasteiger partial charge in [-0.3, -0.25) is 19.7 Å². The number of nitrogens with one attached hydrogen (secondary N) is 1. The van der Waals surface area contributed by atoms with Gasteiger partial charge in [-0.05, 0) is 36.2 Å². The summed E-state index contributed by atoms with van der Waals surface area (Å²) in [7, 11) is 1.60. The molecule has 0 aromatic heterocycles. The molecule has 0 bridgehead atoms. The summed E-state index contributed by atoms with van der Waals surface area (Å²) >= 11 is 0. The number of amides is 2. The number of ether oxygens (including phenoxy) is 1. The molecule has 0 aliphatic carbocycles. The van der Waals surface area contributed by atoms with Gasteiger partial charge in [0.05, 0.1) is 18.5 Å². The van der Waals surface area contributed by atoms with E-state index in [1.165, 1.54) is 6.07 Å². The number of hydrogen-bond acceptors (Lipinski definition) is 7. The van der Waals surface area contributed by atoms with Gasteiger partial charge in [0.25, 0.3) is 11.6 Å². The largest absolute Gasteiger partial charge is 0.497 e. The predicted molar refractivity (Wildman–Crippen MR) is 132 cm³/mol. The number of nitrogens with zero attached hydrogens (tertiary/aromatic N) is 4. The lowest BCUT2D eigenvalue weighted by molar-refractivity contribution is -0.384. The van der Waals surface area contributed by atoms with E-state index in [4.69, 9.17) is 4.74 Å². The van der Waals surface area contributed by atoms with Gasteiger partial charge in [0.15, 0.2) is 0 Å². The zero-order valence-corrected chi connectivity index (χ0v) is 19.9. The van der Waals surface area contributed by atoms with Crippen molar-refractivity contribution in [2.45, 2.75) is 12.8 Å². The summed E-state index contributed by atoms with van der Waals surface area (Å²) in [6.07, 6.45) is 1.000. The number of methoxy groups -OCH3 is 1. The highest BCUT2D eigenvalue weighted by Gasteiger charge is 2.27. The van der Waals surface area contributed by atoms with Crippen LogP contribution in [0.2, 0.25) is 0 Å². The molecule has 0 unspecified atom stereocenters. The van der Waals surface area contributed by atoms with Gasteiger partial charge in [-0.1, -0.05) is 12.1 Å². The number of carbonyl (C=O) groups is 2. The Morgan fingerprint density at radius 3 is 2.40 bits per heavy atom. The van der Waals surface area contributed by atoms with Crippen LogP contribution in [0, 0.1) is 10.1 Å². The van der Waals surface area contributed by atoms with Gasteiger partial charge < -0.3 is 24.8 Å². The Hall–Kier alpha value is -3.66. The molecular formula is C25H31N5O5. The molecule has 186 valence electrons. The summed E-state index contributed by atoms with van der Waals surface area (Å²) in [5.74, 6) is 0.588. The van der Waals surface area contributed by atoms with Crippen LogP contribution in [0.3, 0.4) is 0 Å². The van der Waals surface area contributed by atoms with Gasteiger partial charge in [-0.25, -0.2) is 0 Å². The topological polar surface area (TPSA) is 108 Å². The van der Waals surface area contributed by atoms with Crippen LogP contribution in [-0.4, -0.2) is 86.0 Å². The van der Waals surface area contributed by atoms with E-state index in [2.05, 4.69) is 5.32 Å². The molecular weight excluding hydrogens is 450 g/mol. The third kappa shape index (κ3) is 5.89. The lowest BCUT2D eigenvalue weighted by Crippen LogP contribution is -2.46. The number of nitro benzene ring substituents is 1. The van der Waals surface area contributed by atoms with Gasteiger partial charge in [0.2, 0.25) is 5.91 Å².